The molecule has 0 amide bonds. The number of aliphatic hydroxyl groups is 1. The minimum absolute atomic E-state index is 0.0685. The molecule has 0 atom stereocenters. The summed E-state index contributed by atoms with van der Waals surface area (Å²) in [5.41, 5.74) is 3.09. The zero-order valence-corrected chi connectivity index (χ0v) is 17.3. The van der Waals surface area contributed by atoms with Gasteiger partial charge in [0.05, 0.1) is 26.7 Å². The average molecular weight is 411 g/mol. The third-order valence-corrected chi connectivity index (χ3v) is 4.52. The molecule has 3 rings (SSSR count). The molecule has 7 heteroatoms. The molecule has 0 saturated heterocycles. The number of aliphatic hydroxyl groups excluding tert-OH is 1. The fraction of sp³-hybridized carbons (Fsp3) is 0.304. The molecule has 0 fully saturated rings. The van der Waals surface area contributed by atoms with E-state index in [4.69, 9.17) is 18.6 Å². The molecule has 1 N–H and O–H groups in total. The molecule has 7 nitrogen and oxygen atoms in total. The summed E-state index contributed by atoms with van der Waals surface area (Å²) in [7, 11) is 1.55. The molecule has 0 radical (unpaired) electrons. The first-order chi connectivity index (χ1) is 14.5. The van der Waals surface area contributed by atoms with Crippen LogP contribution in [0.4, 0.5) is 0 Å². The first kappa shape index (κ1) is 21.4. The van der Waals surface area contributed by atoms with E-state index in [0.29, 0.717) is 35.5 Å². The zero-order chi connectivity index (χ0) is 21.5. The zero-order valence-electron chi connectivity index (χ0n) is 17.3. The maximum absolute atomic E-state index is 11.6. The summed E-state index contributed by atoms with van der Waals surface area (Å²) >= 11 is 0. The minimum Gasteiger partial charge on any atom is -0.493 e. The molecule has 30 heavy (non-hydrogen) atoms. The molecule has 2 aromatic carbocycles. The van der Waals surface area contributed by atoms with Gasteiger partial charge in [0.15, 0.2) is 11.5 Å². The highest BCUT2D eigenvalue weighted by Gasteiger charge is 2.14. The van der Waals surface area contributed by atoms with Crippen LogP contribution in [0.2, 0.25) is 0 Å². The van der Waals surface area contributed by atoms with Crippen molar-refractivity contribution in [2.75, 3.05) is 13.7 Å². The predicted molar refractivity (Wildman–Crippen MR) is 110 cm³/mol. The average Bonchev–Trinajstić information content (AvgIpc) is 3.13. The van der Waals surface area contributed by atoms with Crippen LogP contribution in [-0.2, 0) is 29.2 Å². The highest BCUT2D eigenvalue weighted by Crippen LogP contribution is 2.30. The van der Waals surface area contributed by atoms with Gasteiger partial charge in [0.2, 0.25) is 5.89 Å². The molecule has 1 aromatic heterocycles. The van der Waals surface area contributed by atoms with Crippen LogP contribution in [-0.4, -0.2) is 29.8 Å². The van der Waals surface area contributed by atoms with E-state index in [-0.39, 0.29) is 25.6 Å². The number of esters is 1. The maximum atomic E-state index is 11.6. The van der Waals surface area contributed by atoms with Gasteiger partial charge in [0, 0.05) is 5.56 Å². The number of rotatable bonds is 9. The van der Waals surface area contributed by atoms with Crippen molar-refractivity contribution in [3.63, 3.8) is 0 Å². The molecule has 0 spiro atoms. The van der Waals surface area contributed by atoms with Crippen LogP contribution in [0.1, 0.15) is 29.5 Å². The van der Waals surface area contributed by atoms with E-state index in [9.17, 15) is 9.90 Å². The van der Waals surface area contributed by atoms with Gasteiger partial charge in [-0.25, -0.2) is 4.98 Å². The van der Waals surface area contributed by atoms with Gasteiger partial charge in [-0.05, 0) is 49.2 Å². The van der Waals surface area contributed by atoms with E-state index in [1.54, 1.807) is 32.2 Å². The van der Waals surface area contributed by atoms with Crippen LogP contribution in [0.15, 0.2) is 46.9 Å². The molecule has 0 saturated carbocycles. The Bertz CT molecular complexity index is 993. The largest absolute Gasteiger partial charge is 0.493 e. The van der Waals surface area contributed by atoms with Gasteiger partial charge in [-0.3, -0.25) is 4.79 Å². The Morgan fingerprint density at radius 2 is 1.83 bits per heavy atom. The van der Waals surface area contributed by atoms with Gasteiger partial charge < -0.3 is 23.7 Å². The Morgan fingerprint density at radius 1 is 1.10 bits per heavy atom. The van der Waals surface area contributed by atoms with Crippen molar-refractivity contribution in [3.8, 4) is 23.0 Å². The highest BCUT2D eigenvalue weighted by atomic mass is 16.5. The summed E-state index contributed by atoms with van der Waals surface area (Å²) in [6, 6.07) is 12.7. The van der Waals surface area contributed by atoms with Gasteiger partial charge in [0.1, 0.15) is 18.1 Å². The standard InChI is InChI=1S/C23H25NO6/c1-4-28-22(26)12-16-5-8-18(9-6-16)23-24-19(15(2)30-23)14-29-20-10-7-17(13-25)11-21(20)27-3/h5-11,25H,4,12-14H2,1-3H3. The molecule has 0 unspecified atom stereocenters. The smallest absolute Gasteiger partial charge is 0.310 e. The summed E-state index contributed by atoms with van der Waals surface area (Å²) in [6.07, 6.45) is 0.231. The number of methoxy groups -OCH3 is 1. The van der Waals surface area contributed by atoms with Crippen LogP contribution in [0.5, 0.6) is 11.5 Å². The topological polar surface area (TPSA) is 91.0 Å². The van der Waals surface area contributed by atoms with Crippen molar-refractivity contribution in [2.24, 2.45) is 0 Å². The van der Waals surface area contributed by atoms with Crippen LogP contribution < -0.4 is 9.47 Å². The summed E-state index contributed by atoms with van der Waals surface area (Å²) in [6.45, 7) is 4.13. The summed E-state index contributed by atoms with van der Waals surface area (Å²) in [4.78, 5) is 16.1. The van der Waals surface area contributed by atoms with Crippen molar-refractivity contribution in [1.29, 1.82) is 0 Å². The lowest BCUT2D eigenvalue weighted by Crippen LogP contribution is -2.07. The number of benzene rings is 2. The number of aromatic nitrogens is 1. The molecular weight excluding hydrogens is 386 g/mol. The van der Waals surface area contributed by atoms with Gasteiger partial charge >= 0.3 is 5.97 Å². The van der Waals surface area contributed by atoms with Crippen molar-refractivity contribution in [3.05, 3.63) is 65.0 Å². The number of nitrogens with zero attached hydrogens (tertiary/aromatic N) is 1. The van der Waals surface area contributed by atoms with Crippen LogP contribution in [0, 0.1) is 6.92 Å². The van der Waals surface area contributed by atoms with Crippen molar-refractivity contribution >= 4 is 5.97 Å². The Labute approximate surface area is 175 Å². The quantitative estimate of drug-likeness (QED) is 0.535. The highest BCUT2D eigenvalue weighted by molar-refractivity contribution is 5.72. The molecule has 3 aromatic rings. The predicted octanol–water partition coefficient (Wildman–Crippen LogP) is 3.84. The minimum atomic E-state index is -0.251. The summed E-state index contributed by atoms with van der Waals surface area (Å²) < 4.78 is 21.9. The third-order valence-electron chi connectivity index (χ3n) is 4.52. The maximum Gasteiger partial charge on any atom is 0.310 e. The number of carbonyl (C=O) groups is 1. The fourth-order valence-electron chi connectivity index (χ4n) is 2.90. The monoisotopic (exact) mass is 411 g/mol. The number of aryl methyl sites for hydroxylation is 1. The van der Waals surface area contributed by atoms with Crippen molar-refractivity contribution in [1.82, 2.24) is 4.98 Å². The van der Waals surface area contributed by atoms with Gasteiger partial charge in [-0.1, -0.05) is 18.2 Å². The van der Waals surface area contributed by atoms with Crippen LogP contribution in [0.3, 0.4) is 0 Å². The molecule has 1 heterocycles. The van der Waals surface area contributed by atoms with E-state index in [0.717, 1.165) is 16.7 Å². The number of hydrogen-bond acceptors (Lipinski definition) is 7. The van der Waals surface area contributed by atoms with Gasteiger partial charge in [-0.2, -0.15) is 0 Å². The van der Waals surface area contributed by atoms with E-state index in [2.05, 4.69) is 4.98 Å². The summed E-state index contributed by atoms with van der Waals surface area (Å²) in [5.74, 6) is 1.99. The first-order valence-corrected chi connectivity index (χ1v) is 9.65. The van der Waals surface area contributed by atoms with Gasteiger partial charge in [0.25, 0.3) is 0 Å². The second-order valence-corrected chi connectivity index (χ2v) is 6.63. The Morgan fingerprint density at radius 3 is 2.50 bits per heavy atom. The van der Waals surface area contributed by atoms with Gasteiger partial charge in [-0.15, -0.1) is 0 Å². The fourth-order valence-corrected chi connectivity index (χ4v) is 2.90. The Kier molecular flexibility index (Phi) is 7.08. The number of ether oxygens (including phenoxy) is 3. The van der Waals surface area contributed by atoms with Crippen molar-refractivity contribution in [2.45, 2.75) is 33.5 Å². The van der Waals surface area contributed by atoms with Crippen molar-refractivity contribution < 1.29 is 28.5 Å². The SMILES string of the molecule is CCOC(=O)Cc1ccc(-c2nc(COc3ccc(CO)cc3OC)c(C)o2)cc1. The molecule has 0 aliphatic rings. The van der Waals surface area contributed by atoms with E-state index >= 15 is 0 Å². The lowest BCUT2D eigenvalue weighted by Gasteiger charge is -2.10. The lowest BCUT2D eigenvalue weighted by atomic mass is 10.1. The molecule has 0 bridgehead atoms. The van der Waals surface area contributed by atoms with E-state index in [1.165, 1.54) is 0 Å². The second-order valence-electron chi connectivity index (χ2n) is 6.63. The third kappa shape index (κ3) is 5.18. The van der Waals surface area contributed by atoms with Crippen LogP contribution >= 0.6 is 0 Å². The van der Waals surface area contributed by atoms with E-state index in [1.807, 2.05) is 31.2 Å². The normalized spacial score (nSPS) is 10.7. The molecule has 158 valence electrons. The summed E-state index contributed by atoms with van der Waals surface area (Å²) in [5, 5.41) is 9.25. The molecule has 0 aliphatic heterocycles. The molecular formula is C23H25NO6. The first-order valence-electron chi connectivity index (χ1n) is 9.65. The molecule has 0 aliphatic carbocycles. The number of oxazole rings is 1. The van der Waals surface area contributed by atoms with Crippen LogP contribution in [0.25, 0.3) is 11.5 Å². The number of hydrogen-bond donors (Lipinski definition) is 1. The Balaban J connectivity index is 1.69. The lowest BCUT2D eigenvalue weighted by molar-refractivity contribution is -0.142. The van der Waals surface area contributed by atoms with E-state index < -0.39 is 0 Å². The Hall–Kier alpha value is -3.32. The second kappa shape index (κ2) is 9.93. The number of carbonyl (C=O) groups excluding carboxylic acids is 1.